The fourth-order valence-electron chi connectivity index (χ4n) is 3.69. The average molecular weight is 373 g/mol. The summed E-state index contributed by atoms with van der Waals surface area (Å²) in [6.07, 6.45) is 11.2. The topological polar surface area (TPSA) is 81.0 Å². The van der Waals surface area contributed by atoms with E-state index >= 15 is 0 Å². The van der Waals surface area contributed by atoms with Crippen molar-refractivity contribution in [2.24, 2.45) is 0 Å². The van der Waals surface area contributed by atoms with Crippen LogP contribution in [0.4, 0.5) is 0 Å². The zero-order chi connectivity index (χ0) is 18.2. The normalized spacial score (nSPS) is 26.0. The maximum atomic E-state index is 11.8. The number of hydrogen-bond donors (Lipinski definition) is 0. The van der Waals surface area contributed by atoms with E-state index in [9.17, 15) is 8.42 Å². The fourth-order valence-corrected chi connectivity index (χ4v) is 5.81. The van der Waals surface area contributed by atoms with Crippen LogP contribution in [-0.4, -0.2) is 57.7 Å². The highest BCUT2D eigenvalue weighted by Gasteiger charge is 2.40. The van der Waals surface area contributed by atoms with E-state index in [-0.39, 0.29) is 11.5 Å². The molecule has 0 spiro atoms. The first-order valence-corrected chi connectivity index (χ1v) is 10.7. The first kappa shape index (κ1) is 17.4. The number of sulfone groups is 1. The van der Waals surface area contributed by atoms with Gasteiger partial charge >= 0.3 is 0 Å². The number of aromatic nitrogens is 4. The molecule has 138 valence electrons. The van der Waals surface area contributed by atoms with Gasteiger partial charge in [0, 0.05) is 37.2 Å². The molecule has 2 aliphatic heterocycles. The van der Waals surface area contributed by atoms with E-state index in [4.69, 9.17) is 0 Å². The third-order valence-electron chi connectivity index (χ3n) is 5.27. The van der Waals surface area contributed by atoms with Crippen molar-refractivity contribution in [1.82, 2.24) is 24.6 Å². The molecule has 0 radical (unpaired) electrons. The van der Waals surface area contributed by atoms with E-state index in [1.807, 2.05) is 30.1 Å². The summed E-state index contributed by atoms with van der Waals surface area (Å²) in [7, 11) is -2.95. The van der Waals surface area contributed by atoms with E-state index < -0.39 is 15.4 Å². The summed E-state index contributed by atoms with van der Waals surface area (Å²) in [4.78, 5) is 10.9. The zero-order valence-electron chi connectivity index (χ0n) is 14.9. The summed E-state index contributed by atoms with van der Waals surface area (Å²) in [5.41, 5.74) is 1.93. The molecule has 1 saturated heterocycles. The summed E-state index contributed by atoms with van der Waals surface area (Å²) in [6.45, 7) is 4.52. The molecule has 0 aromatic carbocycles. The summed E-state index contributed by atoms with van der Waals surface area (Å²) >= 11 is 0. The number of hydrogen-bond acceptors (Lipinski definition) is 6. The van der Waals surface area contributed by atoms with Crippen molar-refractivity contribution < 1.29 is 8.42 Å². The monoisotopic (exact) mass is 373 g/mol. The van der Waals surface area contributed by atoms with Gasteiger partial charge in [-0.3, -0.25) is 9.58 Å². The molecule has 1 atom stereocenters. The highest BCUT2D eigenvalue weighted by molar-refractivity contribution is 7.91. The highest BCUT2D eigenvalue weighted by Crippen LogP contribution is 2.31. The molecule has 8 heteroatoms. The lowest BCUT2D eigenvalue weighted by Crippen LogP contribution is -2.31. The molecule has 4 heterocycles. The second-order valence-corrected chi connectivity index (χ2v) is 9.58. The van der Waals surface area contributed by atoms with Gasteiger partial charge in [0.15, 0.2) is 9.84 Å². The van der Waals surface area contributed by atoms with Gasteiger partial charge in [-0.05, 0) is 31.4 Å². The molecule has 1 fully saturated rings. The van der Waals surface area contributed by atoms with Gasteiger partial charge in [-0.15, -0.1) is 0 Å². The summed E-state index contributed by atoms with van der Waals surface area (Å²) in [6, 6.07) is 1.82. The summed E-state index contributed by atoms with van der Waals surface area (Å²) < 4.78 is 25.5. The van der Waals surface area contributed by atoms with Crippen LogP contribution in [0.1, 0.15) is 31.2 Å². The first-order chi connectivity index (χ1) is 12.4. The first-order valence-electron chi connectivity index (χ1n) is 8.87. The SMILES string of the molecule is C[C@@]1(n2cc(C3=CCN(Cc4ncccn4)CC3)cn2)CCS(=O)(=O)C1. The Morgan fingerprint density at radius 2 is 2.08 bits per heavy atom. The molecule has 2 aromatic rings. The average Bonchev–Trinajstić information content (AvgIpc) is 3.22. The predicted octanol–water partition coefficient (Wildman–Crippen LogP) is 1.50. The second kappa shape index (κ2) is 6.59. The van der Waals surface area contributed by atoms with Gasteiger partial charge in [0.25, 0.3) is 0 Å². The van der Waals surface area contributed by atoms with Gasteiger partial charge in [-0.25, -0.2) is 18.4 Å². The van der Waals surface area contributed by atoms with Crippen molar-refractivity contribution in [3.05, 3.63) is 48.3 Å². The Labute approximate surface area is 153 Å². The lowest BCUT2D eigenvalue weighted by Gasteiger charge is -2.25. The molecule has 4 rings (SSSR count). The lowest BCUT2D eigenvalue weighted by atomic mass is 10.0. The summed E-state index contributed by atoms with van der Waals surface area (Å²) in [5, 5.41) is 4.48. The number of nitrogens with zero attached hydrogens (tertiary/aromatic N) is 5. The minimum absolute atomic E-state index is 0.172. The molecule has 2 aliphatic rings. The van der Waals surface area contributed by atoms with Crippen molar-refractivity contribution in [3.63, 3.8) is 0 Å². The van der Waals surface area contributed by atoms with Crippen molar-refractivity contribution in [2.45, 2.75) is 31.8 Å². The minimum Gasteiger partial charge on any atom is -0.292 e. The van der Waals surface area contributed by atoms with Crippen LogP contribution in [-0.2, 0) is 21.9 Å². The fraction of sp³-hybridized carbons (Fsp3) is 0.500. The van der Waals surface area contributed by atoms with Crippen LogP contribution in [0.5, 0.6) is 0 Å². The smallest absolute Gasteiger partial charge is 0.152 e. The molecular weight excluding hydrogens is 350 g/mol. The van der Waals surface area contributed by atoms with Crippen LogP contribution in [0.25, 0.3) is 5.57 Å². The maximum absolute atomic E-state index is 11.8. The van der Waals surface area contributed by atoms with Gasteiger partial charge in [-0.2, -0.15) is 5.10 Å². The van der Waals surface area contributed by atoms with Crippen LogP contribution >= 0.6 is 0 Å². The van der Waals surface area contributed by atoms with Gasteiger partial charge in [0.2, 0.25) is 0 Å². The molecule has 0 aliphatic carbocycles. The largest absolute Gasteiger partial charge is 0.292 e. The van der Waals surface area contributed by atoms with Crippen molar-refractivity contribution in [1.29, 1.82) is 0 Å². The Kier molecular flexibility index (Phi) is 4.40. The van der Waals surface area contributed by atoms with Crippen LogP contribution in [0.15, 0.2) is 36.9 Å². The van der Waals surface area contributed by atoms with Crippen LogP contribution < -0.4 is 0 Å². The third-order valence-corrected chi connectivity index (χ3v) is 7.15. The van der Waals surface area contributed by atoms with E-state index in [0.29, 0.717) is 6.42 Å². The zero-order valence-corrected chi connectivity index (χ0v) is 15.7. The molecule has 0 unspecified atom stereocenters. The maximum Gasteiger partial charge on any atom is 0.152 e. The van der Waals surface area contributed by atoms with E-state index in [2.05, 4.69) is 26.0 Å². The Hall–Kier alpha value is -2.06. The molecule has 0 saturated carbocycles. The molecule has 7 nitrogen and oxygen atoms in total. The Morgan fingerprint density at radius 3 is 2.73 bits per heavy atom. The molecule has 26 heavy (non-hydrogen) atoms. The van der Waals surface area contributed by atoms with Gasteiger partial charge in [0.1, 0.15) is 5.82 Å². The number of rotatable bonds is 4. The lowest BCUT2D eigenvalue weighted by molar-refractivity contribution is 0.286. The van der Waals surface area contributed by atoms with Gasteiger partial charge < -0.3 is 0 Å². The van der Waals surface area contributed by atoms with E-state index in [0.717, 1.165) is 37.4 Å². The van der Waals surface area contributed by atoms with Crippen molar-refractivity contribution >= 4 is 15.4 Å². The Balaban J connectivity index is 1.44. The van der Waals surface area contributed by atoms with Crippen molar-refractivity contribution in [3.8, 4) is 0 Å². The van der Waals surface area contributed by atoms with Crippen LogP contribution in [0, 0.1) is 0 Å². The minimum atomic E-state index is -2.95. The Morgan fingerprint density at radius 1 is 1.27 bits per heavy atom. The van der Waals surface area contributed by atoms with Gasteiger partial charge in [0.05, 0.1) is 29.8 Å². The van der Waals surface area contributed by atoms with Crippen molar-refractivity contribution in [2.75, 3.05) is 24.6 Å². The van der Waals surface area contributed by atoms with Crippen LogP contribution in [0.2, 0.25) is 0 Å². The summed E-state index contributed by atoms with van der Waals surface area (Å²) in [5.74, 6) is 1.26. The molecular formula is C18H23N5O2S. The highest BCUT2D eigenvalue weighted by atomic mass is 32.2. The standard InChI is InChI=1S/C18H23N5O2S/c1-18(5-10-26(24,25)14-18)23-12-16(11-21-23)15-3-8-22(9-4-15)13-17-19-6-2-7-20-17/h2-3,6-7,11-12H,4-5,8-10,13-14H2,1H3/t18-/m1/s1. The molecule has 2 aromatic heterocycles. The van der Waals surface area contributed by atoms with Gasteiger partial charge in [-0.1, -0.05) is 6.08 Å². The predicted molar refractivity (Wildman–Crippen MR) is 99.0 cm³/mol. The van der Waals surface area contributed by atoms with E-state index in [1.165, 1.54) is 5.57 Å². The Bertz CT molecular complexity index is 922. The second-order valence-electron chi connectivity index (χ2n) is 7.39. The van der Waals surface area contributed by atoms with Crippen LogP contribution in [0.3, 0.4) is 0 Å². The molecule has 0 bridgehead atoms. The quantitative estimate of drug-likeness (QED) is 0.808. The van der Waals surface area contributed by atoms with E-state index in [1.54, 1.807) is 12.4 Å². The third kappa shape index (κ3) is 3.57. The molecule has 0 amide bonds. The molecule has 0 N–H and O–H groups in total.